The lowest BCUT2D eigenvalue weighted by molar-refractivity contribution is -0.127. The maximum atomic E-state index is 11.3. The number of hydrogen-bond donors (Lipinski definition) is 1. The largest absolute Gasteiger partial charge is 0.342 e. The van der Waals surface area contributed by atoms with Crippen LogP contribution in [0.4, 0.5) is 0 Å². The summed E-state index contributed by atoms with van der Waals surface area (Å²) >= 11 is 1.77. The van der Waals surface area contributed by atoms with E-state index in [1.807, 2.05) is 4.90 Å². The van der Waals surface area contributed by atoms with Crippen LogP contribution in [0.25, 0.3) is 0 Å². The maximum Gasteiger partial charge on any atom is 0.223 e. The highest BCUT2D eigenvalue weighted by atomic mass is 32.2. The molecule has 70 valence electrons. The number of carbonyl (C=O) groups is 1. The lowest BCUT2D eigenvalue weighted by atomic mass is 10.1. The summed E-state index contributed by atoms with van der Waals surface area (Å²) in [5.74, 6) is 1.71. The Morgan fingerprint density at radius 1 is 1.75 bits per heavy atom. The Bertz CT molecular complexity index is 163. The molecule has 0 aliphatic carbocycles. The Morgan fingerprint density at radius 3 is 3.00 bits per heavy atom. The molecule has 1 saturated heterocycles. The fraction of sp³-hybridized carbons (Fsp3) is 0.875. The first-order valence-corrected chi connectivity index (χ1v) is 5.64. The highest BCUT2D eigenvalue weighted by Gasteiger charge is 2.27. The normalized spacial score (nSPS) is 23.7. The second-order valence-electron chi connectivity index (χ2n) is 3.14. The minimum absolute atomic E-state index is 0.277. The molecule has 1 fully saturated rings. The molecule has 4 heteroatoms. The average Bonchev–Trinajstić information content (AvgIpc) is 2.43. The van der Waals surface area contributed by atoms with Gasteiger partial charge in [-0.3, -0.25) is 4.79 Å². The molecule has 1 amide bonds. The van der Waals surface area contributed by atoms with Gasteiger partial charge in [0.25, 0.3) is 0 Å². The standard InChI is InChI=1S/C8H16N2OS/c1-12-3-2-10-6-7(5-9)4-8(10)11/h7H,2-6,9H2,1H3. The maximum absolute atomic E-state index is 11.3. The molecule has 0 radical (unpaired) electrons. The molecular formula is C8H16N2OS. The zero-order valence-electron chi connectivity index (χ0n) is 7.45. The molecule has 12 heavy (non-hydrogen) atoms. The van der Waals surface area contributed by atoms with Crippen molar-refractivity contribution < 1.29 is 4.79 Å². The van der Waals surface area contributed by atoms with Crippen LogP contribution in [-0.2, 0) is 4.79 Å². The summed E-state index contributed by atoms with van der Waals surface area (Å²) in [5.41, 5.74) is 5.50. The number of amides is 1. The summed E-state index contributed by atoms with van der Waals surface area (Å²) in [6.07, 6.45) is 2.71. The van der Waals surface area contributed by atoms with Crippen LogP contribution in [0.1, 0.15) is 6.42 Å². The van der Waals surface area contributed by atoms with Gasteiger partial charge in [-0.05, 0) is 18.7 Å². The van der Waals surface area contributed by atoms with E-state index in [1.165, 1.54) is 0 Å². The van der Waals surface area contributed by atoms with Gasteiger partial charge in [-0.2, -0.15) is 11.8 Å². The fourth-order valence-corrected chi connectivity index (χ4v) is 1.83. The Kier molecular flexibility index (Phi) is 3.88. The first-order chi connectivity index (χ1) is 5.77. The number of thioether (sulfide) groups is 1. The van der Waals surface area contributed by atoms with Crippen LogP contribution in [0.5, 0.6) is 0 Å². The Balaban J connectivity index is 2.31. The molecule has 1 heterocycles. The van der Waals surface area contributed by atoms with Crippen LogP contribution in [0.2, 0.25) is 0 Å². The predicted octanol–water partition coefficient (Wildman–Crippen LogP) is 0.157. The van der Waals surface area contributed by atoms with Crippen LogP contribution in [0.15, 0.2) is 0 Å². The molecule has 0 bridgehead atoms. The summed E-state index contributed by atoms with van der Waals surface area (Å²) in [6, 6.07) is 0. The van der Waals surface area contributed by atoms with Gasteiger partial charge in [0, 0.05) is 25.3 Å². The minimum Gasteiger partial charge on any atom is -0.342 e. The van der Waals surface area contributed by atoms with E-state index in [4.69, 9.17) is 5.73 Å². The molecule has 1 aliphatic heterocycles. The number of nitrogens with two attached hydrogens (primary N) is 1. The van der Waals surface area contributed by atoms with Gasteiger partial charge in [-0.1, -0.05) is 0 Å². The molecule has 1 unspecified atom stereocenters. The number of carbonyl (C=O) groups excluding carboxylic acids is 1. The van der Waals surface area contributed by atoms with E-state index in [1.54, 1.807) is 11.8 Å². The quantitative estimate of drug-likeness (QED) is 0.683. The lowest BCUT2D eigenvalue weighted by Crippen LogP contribution is -2.28. The molecule has 1 aliphatic rings. The SMILES string of the molecule is CSCCN1CC(CN)CC1=O. The highest BCUT2D eigenvalue weighted by Crippen LogP contribution is 2.16. The second kappa shape index (κ2) is 4.72. The summed E-state index contributed by atoms with van der Waals surface area (Å²) in [5, 5.41) is 0. The summed E-state index contributed by atoms with van der Waals surface area (Å²) in [7, 11) is 0. The number of nitrogens with zero attached hydrogens (tertiary/aromatic N) is 1. The van der Waals surface area contributed by atoms with Gasteiger partial charge in [0.15, 0.2) is 0 Å². The Hall–Kier alpha value is -0.220. The van der Waals surface area contributed by atoms with Crippen molar-refractivity contribution in [2.45, 2.75) is 6.42 Å². The molecule has 1 rings (SSSR count). The number of likely N-dealkylation sites (tertiary alicyclic amines) is 1. The van der Waals surface area contributed by atoms with Gasteiger partial charge in [0.05, 0.1) is 0 Å². The number of hydrogen-bond acceptors (Lipinski definition) is 3. The number of rotatable bonds is 4. The van der Waals surface area contributed by atoms with E-state index in [9.17, 15) is 4.79 Å². The van der Waals surface area contributed by atoms with Gasteiger partial charge < -0.3 is 10.6 Å². The predicted molar refractivity (Wildman–Crippen MR) is 52.1 cm³/mol. The van der Waals surface area contributed by atoms with Crippen molar-refractivity contribution in [1.29, 1.82) is 0 Å². The third-order valence-electron chi connectivity index (χ3n) is 2.19. The molecule has 0 saturated carbocycles. The van der Waals surface area contributed by atoms with E-state index >= 15 is 0 Å². The zero-order valence-corrected chi connectivity index (χ0v) is 8.27. The molecule has 3 nitrogen and oxygen atoms in total. The fourth-order valence-electron chi connectivity index (χ4n) is 1.43. The highest BCUT2D eigenvalue weighted by molar-refractivity contribution is 7.98. The molecule has 0 spiro atoms. The van der Waals surface area contributed by atoms with Crippen molar-refractivity contribution >= 4 is 17.7 Å². The molecule has 0 aromatic carbocycles. The summed E-state index contributed by atoms with van der Waals surface area (Å²) < 4.78 is 0. The first-order valence-electron chi connectivity index (χ1n) is 4.24. The summed E-state index contributed by atoms with van der Waals surface area (Å²) in [6.45, 7) is 2.40. The van der Waals surface area contributed by atoms with Gasteiger partial charge in [0.2, 0.25) is 5.91 Å². The van der Waals surface area contributed by atoms with Gasteiger partial charge >= 0.3 is 0 Å². The minimum atomic E-state index is 0.277. The topological polar surface area (TPSA) is 46.3 Å². The van der Waals surface area contributed by atoms with Gasteiger partial charge in [0.1, 0.15) is 0 Å². The van der Waals surface area contributed by atoms with Crippen LogP contribution < -0.4 is 5.73 Å². The second-order valence-corrected chi connectivity index (χ2v) is 4.12. The lowest BCUT2D eigenvalue weighted by Gasteiger charge is -2.14. The van der Waals surface area contributed by atoms with E-state index in [2.05, 4.69) is 6.26 Å². The monoisotopic (exact) mass is 188 g/mol. The molecular weight excluding hydrogens is 172 g/mol. The van der Waals surface area contributed by atoms with Crippen LogP contribution >= 0.6 is 11.8 Å². The van der Waals surface area contributed by atoms with Crippen LogP contribution in [0.3, 0.4) is 0 Å². The van der Waals surface area contributed by atoms with Gasteiger partial charge in [-0.15, -0.1) is 0 Å². The third kappa shape index (κ3) is 2.38. The third-order valence-corrected chi connectivity index (χ3v) is 2.78. The van der Waals surface area contributed by atoms with Crippen molar-refractivity contribution in [3.8, 4) is 0 Å². The molecule has 0 aromatic rings. The van der Waals surface area contributed by atoms with Crippen molar-refractivity contribution in [3.05, 3.63) is 0 Å². The molecule has 0 aromatic heterocycles. The van der Waals surface area contributed by atoms with Crippen molar-refractivity contribution in [2.24, 2.45) is 11.7 Å². The van der Waals surface area contributed by atoms with E-state index < -0.39 is 0 Å². The Labute approximate surface area is 77.7 Å². The van der Waals surface area contributed by atoms with E-state index in [-0.39, 0.29) is 5.91 Å². The van der Waals surface area contributed by atoms with Crippen molar-refractivity contribution in [1.82, 2.24) is 4.90 Å². The van der Waals surface area contributed by atoms with E-state index in [0.717, 1.165) is 18.8 Å². The first kappa shape index (κ1) is 9.86. The average molecular weight is 188 g/mol. The van der Waals surface area contributed by atoms with Crippen LogP contribution in [0, 0.1) is 5.92 Å². The molecule has 1 atom stereocenters. The molecule has 2 N–H and O–H groups in total. The van der Waals surface area contributed by atoms with Gasteiger partial charge in [-0.25, -0.2) is 0 Å². The van der Waals surface area contributed by atoms with Crippen molar-refractivity contribution in [3.63, 3.8) is 0 Å². The summed E-state index contributed by atoms with van der Waals surface area (Å²) in [4.78, 5) is 13.2. The van der Waals surface area contributed by atoms with Crippen molar-refractivity contribution in [2.75, 3.05) is 31.6 Å². The zero-order chi connectivity index (χ0) is 8.97. The van der Waals surface area contributed by atoms with Crippen LogP contribution in [-0.4, -0.2) is 42.4 Å². The van der Waals surface area contributed by atoms with E-state index in [0.29, 0.717) is 18.9 Å². The smallest absolute Gasteiger partial charge is 0.223 e. The Morgan fingerprint density at radius 2 is 2.50 bits per heavy atom.